The molecule has 0 bridgehead atoms. The van der Waals surface area contributed by atoms with Crippen molar-refractivity contribution in [2.45, 2.75) is 20.8 Å². The van der Waals surface area contributed by atoms with Crippen LogP contribution in [-0.2, 0) is 4.74 Å². The fourth-order valence-electron chi connectivity index (χ4n) is 1.24. The summed E-state index contributed by atoms with van der Waals surface area (Å²) < 4.78 is 57.7. The Balaban J connectivity index is 3.21. The highest BCUT2D eigenvalue weighted by Gasteiger charge is 2.28. The third-order valence-corrected chi connectivity index (χ3v) is 2.23. The van der Waals surface area contributed by atoms with Crippen molar-refractivity contribution in [3.05, 3.63) is 34.4 Å². The van der Waals surface area contributed by atoms with Crippen molar-refractivity contribution in [1.29, 1.82) is 0 Å². The van der Waals surface area contributed by atoms with E-state index in [2.05, 4.69) is 4.74 Å². The molecule has 1 aromatic carbocycles. The summed E-state index contributed by atoms with van der Waals surface area (Å²) >= 11 is 0. The van der Waals surface area contributed by atoms with Gasteiger partial charge in [-0.1, -0.05) is 13.8 Å². The van der Waals surface area contributed by atoms with Crippen molar-refractivity contribution in [3.8, 4) is 0 Å². The average molecular weight is 264 g/mol. The Hall–Kier alpha value is -1.59. The Labute approximate surface area is 102 Å². The number of halogens is 4. The topological polar surface area (TPSA) is 26.3 Å². The number of rotatable bonds is 3. The molecule has 0 aromatic heterocycles. The first-order valence-electron chi connectivity index (χ1n) is 5.27. The highest BCUT2D eigenvalue weighted by molar-refractivity contribution is 5.90. The van der Waals surface area contributed by atoms with E-state index in [1.807, 2.05) is 0 Å². The Kier molecular flexibility index (Phi) is 4.32. The normalized spacial score (nSPS) is 10.9. The summed E-state index contributed by atoms with van der Waals surface area (Å²) in [6.45, 7) is 4.18. The molecule has 0 aliphatic heterocycles. The molecule has 0 aliphatic carbocycles. The molecule has 0 saturated carbocycles. The molecule has 0 spiro atoms. The number of benzene rings is 1. The Bertz CT molecular complexity index is 454. The molecule has 0 unspecified atom stereocenters. The lowest BCUT2D eigenvalue weighted by molar-refractivity contribution is 0.0445. The highest BCUT2D eigenvalue weighted by Crippen LogP contribution is 2.24. The van der Waals surface area contributed by atoms with Crippen molar-refractivity contribution in [2.24, 2.45) is 5.92 Å². The molecule has 0 saturated heterocycles. The number of hydrogen-bond donors (Lipinski definition) is 0. The minimum atomic E-state index is -1.74. The first-order chi connectivity index (χ1) is 8.27. The van der Waals surface area contributed by atoms with E-state index in [4.69, 9.17) is 0 Å². The summed E-state index contributed by atoms with van der Waals surface area (Å²) in [4.78, 5) is 11.4. The summed E-state index contributed by atoms with van der Waals surface area (Å²) in [5.41, 5.74) is -2.15. The summed E-state index contributed by atoms with van der Waals surface area (Å²) in [7, 11) is 0. The van der Waals surface area contributed by atoms with Crippen LogP contribution in [0, 0.1) is 36.1 Å². The predicted octanol–water partition coefficient (Wildman–Crippen LogP) is 3.36. The van der Waals surface area contributed by atoms with E-state index in [1.54, 1.807) is 13.8 Å². The van der Waals surface area contributed by atoms with Crippen LogP contribution in [0.15, 0.2) is 0 Å². The monoisotopic (exact) mass is 264 g/mol. The third-order valence-electron chi connectivity index (χ3n) is 2.23. The van der Waals surface area contributed by atoms with Gasteiger partial charge in [0.15, 0.2) is 23.3 Å². The maximum Gasteiger partial charge on any atom is 0.344 e. The van der Waals surface area contributed by atoms with Gasteiger partial charge in [0.05, 0.1) is 6.61 Å². The molecule has 0 N–H and O–H groups in total. The summed E-state index contributed by atoms with van der Waals surface area (Å²) in [6.07, 6.45) is 0. The van der Waals surface area contributed by atoms with Gasteiger partial charge in [-0.05, 0) is 12.8 Å². The SMILES string of the molecule is Cc1c(F)c(F)c(C(=O)OCC(C)C)c(F)c1F. The smallest absolute Gasteiger partial charge is 0.344 e. The molecule has 100 valence electrons. The van der Waals surface area contributed by atoms with Crippen LogP contribution in [0.1, 0.15) is 29.8 Å². The minimum absolute atomic E-state index is 0.0692. The number of carbonyl (C=O) groups excluding carboxylic acids is 1. The van der Waals surface area contributed by atoms with E-state index in [0.29, 0.717) is 0 Å². The first-order valence-corrected chi connectivity index (χ1v) is 5.27. The van der Waals surface area contributed by atoms with Gasteiger partial charge in [-0.3, -0.25) is 0 Å². The maximum absolute atomic E-state index is 13.4. The van der Waals surface area contributed by atoms with Gasteiger partial charge >= 0.3 is 5.97 Å². The standard InChI is InChI=1S/C12H12F4O2/c1-5(2)4-18-12(17)7-10(15)8(13)6(3)9(14)11(7)16/h5H,4H2,1-3H3. The first kappa shape index (κ1) is 14.5. The van der Waals surface area contributed by atoms with Gasteiger partial charge in [0.2, 0.25) is 0 Å². The van der Waals surface area contributed by atoms with Crippen molar-refractivity contribution >= 4 is 5.97 Å². The van der Waals surface area contributed by atoms with Crippen molar-refractivity contribution in [1.82, 2.24) is 0 Å². The maximum atomic E-state index is 13.4. The van der Waals surface area contributed by atoms with Crippen molar-refractivity contribution in [2.75, 3.05) is 6.61 Å². The molecule has 0 aliphatic rings. The molecule has 6 heteroatoms. The second kappa shape index (κ2) is 5.37. The van der Waals surface area contributed by atoms with Crippen molar-refractivity contribution in [3.63, 3.8) is 0 Å². The molecule has 0 atom stereocenters. The van der Waals surface area contributed by atoms with Crippen LogP contribution in [0.4, 0.5) is 17.6 Å². The van der Waals surface area contributed by atoms with Gasteiger partial charge in [0, 0.05) is 5.56 Å². The highest BCUT2D eigenvalue weighted by atomic mass is 19.2. The van der Waals surface area contributed by atoms with Gasteiger partial charge in [-0.25, -0.2) is 22.4 Å². The van der Waals surface area contributed by atoms with Crippen molar-refractivity contribution < 1.29 is 27.1 Å². The lowest BCUT2D eigenvalue weighted by atomic mass is 10.1. The summed E-state index contributed by atoms with van der Waals surface area (Å²) in [5, 5.41) is 0. The fourth-order valence-corrected chi connectivity index (χ4v) is 1.24. The minimum Gasteiger partial charge on any atom is -0.462 e. The Morgan fingerprint density at radius 3 is 1.89 bits per heavy atom. The predicted molar refractivity (Wildman–Crippen MR) is 56.1 cm³/mol. The molecular weight excluding hydrogens is 252 g/mol. The zero-order valence-corrected chi connectivity index (χ0v) is 10.1. The molecule has 0 amide bonds. The van der Waals surface area contributed by atoms with Crippen LogP contribution >= 0.6 is 0 Å². The molecule has 1 rings (SSSR count). The van der Waals surface area contributed by atoms with Gasteiger partial charge in [-0.2, -0.15) is 0 Å². The molecule has 0 heterocycles. The van der Waals surface area contributed by atoms with Gasteiger partial charge in [0.25, 0.3) is 0 Å². The number of esters is 1. The number of ether oxygens (including phenoxy) is 1. The molecular formula is C12H12F4O2. The quantitative estimate of drug-likeness (QED) is 0.475. The molecule has 0 radical (unpaired) electrons. The fraction of sp³-hybridized carbons (Fsp3) is 0.417. The molecule has 1 aromatic rings. The van der Waals surface area contributed by atoms with Crippen LogP contribution in [0.3, 0.4) is 0 Å². The van der Waals surface area contributed by atoms with Crippen LogP contribution in [0.25, 0.3) is 0 Å². The number of hydrogen-bond acceptors (Lipinski definition) is 2. The van der Waals surface area contributed by atoms with Crippen LogP contribution in [0.5, 0.6) is 0 Å². The average Bonchev–Trinajstić information content (AvgIpc) is 2.31. The zero-order valence-electron chi connectivity index (χ0n) is 10.1. The lowest BCUT2D eigenvalue weighted by Crippen LogP contribution is -2.16. The van der Waals surface area contributed by atoms with E-state index in [-0.39, 0.29) is 12.5 Å². The second-order valence-electron chi connectivity index (χ2n) is 4.25. The molecule has 2 nitrogen and oxygen atoms in total. The second-order valence-corrected chi connectivity index (χ2v) is 4.25. The van der Waals surface area contributed by atoms with E-state index >= 15 is 0 Å². The molecule has 18 heavy (non-hydrogen) atoms. The van der Waals surface area contributed by atoms with Gasteiger partial charge in [0.1, 0.15) is 5.56 Å². The van der Waals surface area contributed by atoms with E-state index in [9.17, 15) is 22.4 Å². The lowest BCUT2D eigenvalue weighted by Gasteiger charge is -2.10. The van der Waals surface area contributed by atoms with Gasteiger partial charge < -0.3 is 4.74 Å². The summed E-state index contributed by atoms with van der Waals surface area (Å²) in [5.74, 6) is -8.15. The van der Waals surface area contributed by atoms with E-state index < -0.39 is 40.4 Å². The van der Waals surface area contributed by atoms with Crippen LogP contribution in [0.2, 0.25) is 0 Å². The Morgan fingerprint density at radius 1 is 1.06 bits per heavy atom. The van der Waals surface area contributed by atoms with Crippen LogP contribution in [-0.4, -0.2) is 12.6 Å². The third kappa shape index (κ3) is 2.63. The van der Waals surface area contributed by atoms with Crippen LogP contribution < -0.4 is 0 Å². The zero-order chi connectivity index (χ0) is 14.0. The number of carbonyl (C=O) groups is 1. The van der Waals surface area contributed by atoms with E-state index in [0.717, 1.165) is 6.92 Å². The summed E-state index contributed by atoms with van der Waals surface area (Å²) in [6, 6.07) is 0. The molecule has 0 fully saturated rings. The largest absolute Gasteiger partial charge is 0.462 e. The van der Waals surface area contributed by atoms with E-state index in [1.165, 1.54) is 0 Å². The Morgan fingerprint density at radius 2 is 1.50 bits per heavy atom. The van der Waals surface area contributed by atoms with Gasteiger partial charge in [-0.15, -0.1) is 0 Å².